The van der Waals surface area contributed by atoms with Crippen LogP contribution in [0.3, 0.4) is 0 Å². The summed E-state index contributed by atoms with van der Waals surface area (Å²) in [4.78, 5) is 2.54. The summed E-state index contributed by atoms with van der Waals surface area (Å²) in [6.07, 6.45) is 0. The molecule has 1 aliphatic heterocycles. The molecule has 1 aliphatic rings. The first-order valence-corrected chi connectivity index (χ1v) is 9.37. The van der Waals surface area contributed by atoms with E-state index in [1.807, 2.05) is 0 Å². The highest BCUT2D eigenvalue weighted by atomic mass is 79.9. The Balaban J connectivity index is 2.22. The molecule has 1 aromatic rings. The number of nitrogens with one attached hydrogen (secondary N) is 1. The van der Waals surface area contributed by atoms with Gasteiger partial charge >= 0.3 is 0 Å². The molecule has 118 valence electrons. The number of thioether (sulfide) groups is 1. The minimum absolute atomic E-state index is 0.140. The molecule has 0 amide bonds. The summed E-state index contributed by atoms with van der Waals surface area (Å²) in [6, 6.07) is 6.66. The number of hydrogen-bond donors (Lipinski definition) is 1. The lowest BCUT2D eigenvalue weighted by Crippen LogP contribution is -2.44. The third-order valence-electron chi connectivity index (χ3n) is 3.62. The summed E-state index contributed by atoms with van der Waals surface area (Å²) in [7, 11) is 0. The van der Waals surface area contributed by atoms with Gasteiger partial charge in [-0.2, -0.15) is 11.8 Å². The predicted molar refractivity (Wildman–Crippen MR) is 99.5 cm³/mol. The van der Waals surface area contributed by atoms with Crippen molar-refractivity contribution in [1.29, 1.82) is 0 Å². The van der Waals surface area contributed by atoms with Gasteiger partial charge in [-0.15, -0.1) is 0 Å². The Morgan fingerprint density at radius 1 is 1.33 bits per heavy atom. The molecule has 2 rings (SSSR count). The van der Waals surface area contributed by atoms with Crippen molar-refractivity contribution in [3.63, 3.8) is 0 Å². The zero-order valence-electron chi connectivity index (χ0n) is 13.8. The SMILES string of the molecule is CC(C)(C)NCc1ccc(Br)cc1N1CCSC(C)(C)C1. The molecule has 0 bridgehead atoms. The fourth-order valence-electron chi connectivity index (χ4n) is 2.56. The number of halogens is 1. The van der Waals surface area contributed by atoms with E-state index in [-0.39, 0.29) is 5.54 Å². The van der Waals surface area contributed by atoms with Gasteiger partial charge in [-0.05, 0) is 52.3 Å². The van der Waals surface area contributed by atoms with E-state index in [4.69, 9.17) is 0 Å². The second kappa shape index (κ2) is 6.51. The zero-order valence-corrected chi connectivity index (χ0v) is 16.2. The molecule has 2 nitrogen and oxygen atoms in total. The standard InChI is InChI=1S/C17H27BrN2S/c1-16(2,3)19-11-13-6-7-14(18)10-15(13)20-8-9-21-17(4,5)12-20/h6-7,10,19H,8-9,11-12H2,1-5H3. The third kappa shape index (κ3) is 5.19. The second-order valence-corrected chi connectivity index (χ2v) is 10.1. The summed E-state index contributed by atoms with van der Waals surface area (Å²) in [5, 5.41) is 3.61. The minimum atomic E-state index is 0.140. The minimum Gasteiger partial charge on any atom is -0.369 e. The van der Waals surface area contributed by atoms with Crippen molar-refractivity contribution >= 4 is 33.4 Å². The Morgan fingerprint density at radius 3 is 2.67 bits per heavy atom. The van der Waals surface area contributed by atoms with Crippen molar-refractivity contribution in [2.75, 3.05) is 23.7 Å². The van der Waals surface area contributed by atoms with Crippen LogP contribution < -0.4 is 10.2 Å². The summed E-state index contributed by atoms with van der Waals surface area (Å²) in [5.41, 5.74) is 2.90. The normalized spacial score (nSPS) is 18.9. The molecule has 0 unspecified atom stereocenters. The van der Waals surface area contributed by atoms with Gasteiger partial charge in [0.15, 0.2) is 0 Å². The molecular formula is C17H27BrN2S. The molecule has 21 heavy (non-hydrogen) atoms. The highest BCUT2D eigenvalue weighted by molar-refractivity contribution is 9.10. The number of rotatable bonds is 3. The van der Waals surface area contributed by atoms with E-state index in [9.17, 15) is 0 Å². The summed E-state index contributed by atoms with van der Waals surface area (Å²) >= 11 is 5.71. The van der Waals surface area contributed by atoms with Crippen LogP contribution in [0.4, 0.5) is 5.69 Å². The molecule has 1 saturated heterocycles. The molecular weight excluding hydrogens is 344 g/mol. The van der Waals surface area contributed by atoms with Crippen molar-refractivity contribution in [1.82, 2.24) is 5.32 Å². The molecule has 0 aromatic heterocycles. The maximum atomic E-state index is 3.63. The highest BCUT2D eigenvalue weighted by Gasteiger charge is 2.28. The van der Waals surface area contributed by atoms with Gasteiger partial charge in [0.25, 0.3) is 0 Å². The van der Waals surface area contributed by atoms with Crippen molar-refractivity contribution in [2.24, 2.45) is 0 Å². The van der Waals surface area contributed by atoms with Crippen molar-refractivity contribution in [3.05, 3.63) is 28.2 Å². The average molecular weight is 371 g/mol. The molecule has 4 heteroatoms. The summed E-state index contributed by atoms with van der Waals surface area (Å²) in [5.74, 6) is 1.20. The Hall–Kier alpha value is -0.190. The first-order valence-electron chi connectivity index (χ1n) is 7.59. The van der Waals surface area contributed by atoms with Gasteiger partial charge in [0.1, 0.15) is 0 Å². The maximum absolute atomic E-state index is 3.63. The van der Waals surface area contributed by atoms with Gasteiger partial charge < -0.3 is 10.2 Å². The van der Waals surface area contributed by atoms with Crippen LogP contribution >= 0.6 is 27.7 Å². The van der Waals surface area contributed by atoms with Crippen LogP contribution in [0.2, 0.25) is 0 Å². The van der Waals surface area contributed by atoms with Crippen molar-refractivity contribution in [2.45, 2.75) is 51.4 Å². The fourth-order valence-corrected chi connectivity index (χ4v) is 4.02. The first kappa shape index (κ1) is 17.2. The molecule has 0 saturated carbocycles. The first-order chi connectivity index (χ1) is 9.66. The Morgan fingerprint density at radius 2 is 2.05 bits per heavy atom. The van der Waals surface area contributed by atoms with E-state index in [1.165, 1.54) is 17.0 Å². The van der Waals surface area contributed by atoms with Crippen molar-refractivity contribution in [3.8, 4) is 0 Å². The van der Waals surface area contributed by atoms with Gasteiger partial charge in [0.2, 0.25) is 0 Å². The van der Waals surface area contributed by atoms with E-state index in [0.29, 0.717) is 4.75 Å². The number of hydrogen-bond acceptors (Lipinski definition) is 3. The second-order valence-electron chi connectivity index (χ2n) is 7.41. The van der Waals surface area contributed by atoms with E-state index in [0.717, 1.165) is 24.1 Å². The van der Waals surface area contributed by atoms with Crippen LogP contribution in [0, 0.1) is 0 Å². The lowest BCUT2D eigenvalue weighted by Gasteiger charge is -2.40. The maximum Gasteiger partial charge on any atom is 0.0423 e. The Kier molecular flexibility index (Phi) is 5.32. The van der Waals surface area contributed by atoms with Gasteiger partial charge in [-0.25, -0.2) is 0 Å². The van der Waals surface area contributed by atoms with Gasteiger partial charge in [-0.1, -0.05) is 22.0 Å². The predicted octanol–water partition coefficient (Wildman–Crippen LogP) is 4.67. The smallest absolute Gasteiger partial charge is 0.0423 e. The van der Waals surface area contributed by atoms with E-state index < -0.39 is 0 Å². The van der Waals surface area contributed by atoms with Crippen LogP contribution in [0.5, 0.6) is 0 Å². The van der Waals surface area contributed by atoms with Crippen LogP contribution in [0.25, 0.3) is 0 Å². The van der Waals surface area contributed by atoms with Crippen LogP contribution in [-0.4, -0.2) is 29.1 Å². The molecule has 1 fully saturated rings. The molecule has 0 aliphatic carbocycles. The lowest BCUT2D eigenvalue weighted by atomic mass is 10.1. The average Bonchev–Trinajstić information content (AvgIpc) is 2.35. The molecule has 1 aromatic carbocycles. The topological polar surface area (TPSA) is 15.3 Å². The molecule has 0 atom stereocenters. The van der Waals surface area contributed by atoms with Crippen molar-refractivity contribution < 1.29 is 0 Å². The van der Waals surface area contributed by atoms with E-state index >= 15 is 0 Å². The highest BCUT2D eigenvalue weighted by Crippen LogP contribution is 2.34. The zero-order chi connectivity index (χ0) is 15.7. The van der Waals surface area contributed by atoms with E-state index in [1.54, 1.807) is 0 Å². The van der Waals surface area contributed by atoms with Crippen LogP contribution in [0.15, 0.2) is 22.7 Å². The Labute approximate surface area is 142 Å². The molecule has 0 spiro atoms. The van der Waals surface area contributed by atoms with Gasteiger partial charge in [0.05, 0.1) is 0 Å². The number of benzene rings is 1. The summed E-state index contributed by atoms with van der Waals surface area (Å²) in [6.45, 7) is 14.5. The van der Waals surface area contributed by atoms with Gasteiger partial charge in [0, 0.05) is 45.8 Å². The van der Waals surface area contributed by atoms with Gasteiger partial charge in [-0.3, -0.25) is 0 Å². The largest absolute Gasteiger partial charge is 0.369 e. The summed E-state index contributed by atoms with van der Waals surface area (Å²) < 4.78 is 1.49. The van der Waals surface area contributed by atoms with E-state index in [2.05, 4.69) is 90.7 Å². The van der Waals surface area contributed by atoms with Crippen LogP contribution in [0.1, 0.15) is 40.2 Å². The quantitative estimate of drug-likeness (QED) is 0.831. The van der Waals surface area contributed by atoms with Crippen LogP contribution in [-0.2, 0) is 6.54 Å². The molecule has 0 radical (unpaired) electrons. The monoisotopic (exact) mass is 370 g/mol. The molecule has 1 N–H and O–H groups in total. The lowest BCUT2D eigenvalue weighted by molar-refractivity contribution is 0.424. The Bertz CT molecular complexity index is 494. The molecule has 1 heterocycles. The number of anilines is 1. The fraction of sp³-hybridized carbons (Fsp3) is 0.647. The number of nitrogens with zero attached hydrogens (tertiary/aromatic N) is 1. The third-order valence-corrected chi connectivity index (χ3v) is 5.41.